The number of rotatable bonds is 0. The quantitative estimate of drug-likeness (QED) is 0.414. The minimum atomic E-state index is 0. The standard InChI is InChI=1S/C5H9N3.Na.H/c1-3-8-4-2-7-5(8)6-1;;/h1-4H2,(H,6,7);;. The van der Waals surface area contributed by atoms with Gasteiger partial charge in [0.25, 0.3) is 0 Å². The Balaban J connectivity index is 0.000000405. The summed E-state index contributed by atoms with van der Waals surface area (Å²) in [6.45, 7) is 4.35. The van der Waals surface area contributed by atoms with Crippen molar-refractivity contribution < 1.29 is 0 Å². The van der Waals surface area contributed by atoms with Crippen molar-refractivity contribution in [2.45, 2.75) is 0 Å². The van der Waals surface area contributed by atoms with Gasteiger partial charge < -0.3 is 10.2 Å². The molecular weight excluding hydrogens is 125 g/mol. The summed E-state index contributed by atoms with van der Waals surface area (Å²) < 4.78 is 0. The Bertz CT molecular complexity index is 134. The molecule has 0 spiro atoms. The Hall–Kier alpha value is 0.270. The van der Waals surface area contributed by atoms with Crippen LogP contribution in [0.1, 0.15) is 0 Å². The summed E-state index contributed by atoms with van der Waals surface area (Å²) >= 11 is 0. The van der Waals surface area contributed by atoms with Crippen LogP contribution in [0, 0.1) is 0 Å². The van der Waals surface area contributed by atoms with E-state index in [4.69, 9.17) is 0 Å². The molecule has 2 rings (SSSR count). The third-order valence-electron chi connectivity index (χ3n) is 1.60. The van der Waals surface area contributed by atoms with Crippen molar-refractivity contribution in [3.63, 3.8) is 0 Å². The van der Waals surface area contributed by atoms with Crippen molar-refractivity contribution in [3.8, 4) is 0 Å². The monoisotopic (exact) mass is 135 g/mol. The van der Waals surface area contributed by atoms with Crippen molar-refractivity contribution in [1.82, 2.24) is 10.2 Å². The zero-order valence-corrected chi connectivity index (χ0v) is 4.72. The van der Waals surface area contributed by atoms with E-state index in [2.05, 4.69) is 15.2 Å². The van der Waals surface area contributed by atoms with E-state index in [9.17, 15) is 0 Å². The van der Waals surface area contributed by atoms with Crippen LogP contribution in [0.25, 0.3) is 0 Å². The van der Waals surface area contributed by atoms with E-state index in [0.29, 0.717) is 0 Å². The fraction of sp³-hybridized carbons (Fsp3) is 0.800. The molecule has 0 saturated carbocycles. The molecule has 1 fully saturated rings. The summed E-state index contributed by atoms with van der Waals surface area (Å²) in [5.74, 6) is 1.12. The minimum absolute atomic E-state index is 0. The van der Waals surface area contributed by atoms with Crippen molar-refractivity contribution in [1.29, 1.82) is 0 Å². The van der Waals surface area contributed by atoms with Crippen LogP contribution < -0.4 is 5.32 Å². The van der Waals surface area contributed by atoms with Gasteiger partial charge in [-0.25, -0.2) is 0 Å². The molecular formula is C5H10N3Na. The second-order valence-electron chi connectivity index (χ2n) is 2.12. The van der Waals surface area contributed by atoms with Gasteiger partial charge >= 0.3 is 29.6 Å². The number of fused-ring (bicyclic) bond motifs is 1. The molecule has 0 aromatic carbocycles. The van der Waals surface area contributed by atoms with E-state index in [0.717, 1.165) is 32.1 Å². The summed E-state index contributed by atoms with van der Waals surface area (Å²) in [7, 11) is 0. The van der Waals surface area contributed by atoms with Gasteiger partial charge in [0.15, 0.2) is 5.96 Å². The Kier molecular flexibility index (Phi) is 2.38. The Labute approximate surface area is 76.8 Å². The molecule has 46 valence electrons. The van der Waals surface area contributed by atoms with Gasteiger partial charge in [0, 0.05) is 19.6 Å². The molecule has 0 bridgehead atoms. The van der Waals surface area contributed by atoms with Crippen molar-refractivity contribution in [3.05, 3.63) is 0 Å². The molecule has 1 saturated heterocycles. The van der Waals surface area contributed by atoms with Crippen LogP contribution in [0.15, 0.2) is 4.99 Å². The zero-order chi connectivity index (χ0) is 5.40. The first-order chi connectivity index (χ1) is 3.97. The molecule has 3 nitrogen and oxygen atoms in total. The molecule has 2 aliphatic rings. The van der Waals surface area contributed by atoms with Crippen LogP contribution in [-0.2, 0) is 0 Å². The zero-order valence-electron chi connectivity index (χ0n) is 4.72. The summed E-state index contributed by atoms with van der Waals surface area (Å²) in [5, 5.41) is 3.19. The maximum absolute atomic E-state index is 4.23. The van der Waals surface area contributed by atoms with Crippen LogP contribution in [0.5, 0.6) is 0 Å². The van der Waals surface area contributed by atoms with Gasteiger partial charge in [0.1, 0.15) is 0 Å². The van der Waals surface area contributed by atoms with E-state index in [1.807, 2.05) is 0 Å². The first-order valence-electron chi connectivity index (χ1n) is 3.00. The number of guanidine groups is 1. The number of nitrogens with one attached hydrogen (secondary N) is 1. The molecule has 0 radical (unpaired) electrons. The van der Waals surface area contributed by atoms with Crippen LogP contribution in [0.4, 0.5) is 0 Å². The van der Waals surface area contributed by atoms with Gasteiger partial charge in [-0.15, -0.1) is 0 Å². The van der Waals surface area contributed by atoms with Crippen LogP contribution >= 0.6 is 0 Å². The second kappa shape index (κ2) is 2.90. The van der Waals surface area contributed by atoms with Crippen LogP contribution in [0.3, 0.4) is 0 Å². The fourth-order valence-corrected chi connectivity index (χ4v) is 1.17. The second-order valence-corrected chi connectivity index (χ2v) is 2.12. The molecule has 0 aliphatic carbocycles. The van der Waals surface area contributed by atoms with Crippen molar-refractivity contribution in [2.75, 3.05) is 26.2 Å². The molecule has 1 N–H and O–H groups in total. The van der Waals surface area contributed by atoms with E-state index in [-0.39, 0.29) is 29.6 Å². The first-order valence-corrected chi connectivity index (χ1v) is 3.00. The number of hydrogen-bond donors (Lipinski definition) is 1. The number of nitrogens with zero attached hydrogens (tertiary/aromatic N) is 2. The number of hydrogen-bond acceptors (Lipinski definition) is 3. The third-order valence-corrected chi connectivity index (χ3v) is 1.60. The topological polar surface area (TPSA) is 27.6 Å². The summed E-state index contributed by atoms with van der Waals surface area (Å²) in [6.07, 6.45) is 0. The van der Waals surface area contributed by atoms with Crippen LogP contribution in [-0.4, -0.2) is 66.6 Å². The molecule has 0 atom stereocenters. The molecule has 0 unspecified atom stereocenters. The van der Waals surface area contributed by atoms with Crippen LogP contribution in [0.2, 0.25) is 0 Å². The van der Waals surface area contributed by atoms with E-state index < -0.39 is 0 Å². The molecule has 0 aromatic heterocycles. The summed E-state index contributed by atoms with van der Waals surface area (Å²) in [6, 6.07) is 0. The average molecular weight is 135 g/mol. The van der Waals surface area contributed by atoms with Gasteiger partial charge in [-0.05, 0) is 0 Å². The van der Waals surface area contributed by atoms with E-state index in [1.165, 1.54) is 0 Å². The molecule has 9 heavy (non-hydrogen) atoms. The Morgan fingerprint density at radius 3 is 3.11 bits per heavy atom. The summed E-state index contributed by atoms with van der Waals surface area (Å²) in [4.78, 5) is 6.51. The van der Waals surface area contributed by atoms with E-state index in [1.54, 1.807) is 0 Å². The van der Waals surface area contributed by atoms with E-state index >= 15 is 0 Å². The predicted molar refractivity (Wildman–Crippen MR) is 39.0 cm³/mol. The molecule has 4 heteroatoms. The molecule has 2 aliphatic heterocycles. The average Bonchev–Trinajstić information content (AvgIpc) is 2.15. The first kappa shape index (κ1) is 7.38. The SMILES string of the molecule is C1CN2CCNC2=N1.[NaH]. The van der Waals surface area contributed by atoms with Crippen molar-refractivity contribution >= 4 is 35.5 Å². The maximum atomic E-state index is 4.23. The number of aliphatic imine (C=N–C) groups is 1. The van der Waals surface area contributed by atoms with Gasteiger partial charge in [0.05, 0.1) is 6.54 Å². The predicted octanol–water partition coefficient (Wildman–Crippen LogP) is -1.39. The Morgan fingerprint density at radius 1 is 1.44 bits per heavy atom. The van der Waals surface area contributed by atoms with Crippen molar-refractivity contribution in [2.24, 2.45) is 4.99 Å². The fourth-order valence-electron chi connectivity index (χ4n) is 1.17. The van der Waals surface area contributed by atoms with Gasteiger partial charge in [-0.1, -0.05) is 0 Å². The molecule has 2 heterocycles. The van der Waals surface area contributed by atoms with Gasteiger partial charge in [-0.2, -0.15) is 0 Å². The normalized spacial score (nSPS) is 22.2. The molecule has 0 amide bonds. The molecule has 0 aromatic rings. The van der Waals surface area contributed by atoms with Gasteiger partial charge in [-0.3, -0.25) is 4.99 Å². The summed E-state index contributed by atoms with van der Waals surface area (Å²) in [5.41, 5.74) is 0. The van der Waals surface area contributed by atoms with Gasteiger partial charge in [0.2, 0.25) is 0 Å². The Morgan fingerprint density at radius 2 is 2.33 bits per heavy atom. The third kappa shape index (κ3) is 1.23.